The fourth-order valence-electron chi connectivity index (χ4n) is 5.27. The van der Waals surface area contributed by atoms with E-state index in [2.05, 4.69) is 9.88 Å². The molecule has 0 amide bonds. The third-order valence-corrected chi connectivity index (χ3v) is 6.93. The quantitative estimate of drug-likeness (QED) is 0.410. The van der Waals surface area contributed by atoms with E-state index in [1.54, 1.807) is 29.8 Å². The molecule has 6 rings (SSSR count). The second-order valence-corrected chi connectivity index (χ2v) is 9.00. The molecule has 0 bridgehead atoms. The zero-order valence-corrected chi connectivity index (χ0v) is 19.6. The second kappa shape index (κ2) is 7.50. The summed E-state index contributed by atoms with van der Waals surface area (Å²) in [7, 11) is 3.22. The van der Waals surface area contributed by atoms with Crippen LogP contribution in [-0.2, 0) is 14.1 Å². The molecule has 0 aliphatic carbocycles. The summed E-state index contributed by atoms with van der Waals surface area (Å²) in [5.41, 5.74) is 5.94. The number of fused-ring (bicyclic) bond motifs is 5. The van der Waals surface area contributed by atoms with Crippen LogP contribution < -0.4 is 16.6 Å². The summed E-state index contributed by atoms with van der Waals surface area (Å²) in [6.07, 6.45) is 0. The van der Waals surface area contributed by atoms with Gasteiger partial charge in [-0.15, -0.1) is 0 Å². The van der Waals surface area contributed by atoms with Crippen molar-refractivity contribution in [2.45, 2.75) is 13.0 Å². The van der Waals surface area contributed by atoms with Crippen molar-refractivity contribution in [1.82, 2.24) is 13.7 Å². The van der Waals surface area contributed by atoms with Crippen LogP contribution in [0.4, 0.5) is 5.69 Å². The Bertz CT molecular complexity index is 1770. The molecule has 2 N–H and O–H groups in total. The average Bonchev–Trinajstić information content (AvgIpc) is 3.22. The van der Waals surface area contributed by atoms with E-state index in [1.165, 1.54) is 11.6 Å². The molecule has 35 heavy (non-hydrogen) atoms. The van der Waals surface area contributed by atoms with Gasteiger partial charge in [0.05, 0.1) is 39.7 Å². The van der Waals surface area contributed by atoms with Crippen molar-refractivity contribution in [3.05, 3.63) is 110 Å². The molecule has 0 spiro atoms. The van der Waals surface area contributed by atoms with E-state index in [-0.39, 0.29) is 17.0 Å². The number of aromatic nitrogens is 3. The Morgan fingerprint density at radius 1 is 0.886 bits per heavy atom. The number of nitrogens with one attached hydrogen (secondary N) is 1. The summed E-state index contributed by atoms with van der Waals surface area (Å²) in [5.74, 6) is 0.148. The average molecular weight is 465 g/mol. The van der Waals surface area contributed by atoms with Crippen LogP contribution in [0.25, 0.3) is 27.8 Å². The highest BCUT2D eigenvalue weighted by Crippen LogP contribution is 2.46. The maximum Gasteiger partial charge on any atom is 0.331 e. The Balaban J connectivity index is 1.89. The van der Waals surface area contributed by atoms with Gasteiger partial charge in [-0.3, -0.25) is 13.9 Å². The molecule has 0 radical (unpaired) electrons. The molecule has 0 saturated heterocycles. The summed E-state index contributed by atoms with van der Waals surface area (Å²) >= 11 is 0. The number of phenols is 1. The van der Waals surface area contributed by atoms with E-state index >= 15 is 0 Å². The van der Waals surface area contributed by atoms with E-state index in [4.69, 9.17) is 0 Å². The van der Waals surface area contributed by atoms with Crippen molar-refractivity contribution in [3.63, 3.8) is 0 Å². The maximum atomic E-state index is 13.7. The van der Waals surface area contributed by atoms with Crippen molar-refractivity contribution < 1.29 is 5.11 Å². The third-order valence-electron chi connectivity index (χ3n) is 6.93. The van der Waals surface area contributed by atoms with Crippen LogP contribution in [0.5, 0.6) is 5.75 Å². The van der Waals surface area contributed by atoms with Gasteiger partial charge in [-0.05, 0) is 42.3 Å². The topological polar surface area (TPSA) is 81.2 Å². The summed E-state index contributed by atoms with van der Waals surface area (Å²) in [6.45, 7) is 2.02. The first kappa shape index (κ1) is 21.0. The molecule has 3 aromatic carbocycles. The molecule has 1 aliphatic heterocycles. The van der Waals surface area contributed by atoms with Crippen LogP contribution in [-0.4, -0.2) is 18.8 Å². The van der Waals surface area contributed by atoms with E-state index in [0.29, 0.717) is 10.9 Å². The van der Waals surface area contributed by atoms with Gasteiger partial charge in [-0.25, -0.2) is 4.79 Å². The standard InChI is InChI=1S/C28H24N4O3/c1-16-9-4-5-12-19(16)24-22-25(30(2)28(35)31(3)27(22)34)26-23(17-10-8-11-18(33)15-17)29-20-13-6-7-14-21(20)32(24)26/h4-15,23,29,33H,1-3H3/t23-/m0/s1. The molecule has 1 aliphatic rings. The predicted molar refractivity (Wildman–Crippen MR) is 138 cm³/mol. The van der Waals surface area contributed by atoms with Gasteiger partial charge in [-0.1, -0.05) is 48.5 Å². The number of anilines is 1. The SMILES string of the molecule is Cc1ccccc1-c1c2c(=O)n(C)c(=O)n(C)c2c2n1-c1ccccc1N[C@H]2c1cccc(O)c1. The number of hydrogen-bond donors (Lipinski definition) is 2. The minimum atomic E-state index is -0.407. The number of rotatable bonds is 2. The highest BCUT2D eigenvalue weighted by Gasteiger charge is 2.35. The number of aromatic hydroxyl groups is 1. The lowest BCUT2D eigenvalue weighted by Gasteiger charge is -2.31. The van der Waals surface area contributed by atoms with Crippen molar-refractivity contribution in [3.8, 4) is 22.7 Å². The molecule has 174 valence electrons. The van der Waals surface area contributed by atoms with Crippen LogP contribution in [0, 0.1) is 6.92 Å². The van der Waals surface area contributed by atoms with Crippen LogP contribution in [0.3, 0.4) is 0 Å². The zero-order valence-electron chi connectivity index (χ0n) is 19.6. The lowest BCUT2D eigenvalue weighted by Crippen LogP contribution is -2.37. The summed E-state index contributed by atoms with van der Waals surface area (Å²) in [5, 5.41) is 14.3. The Kier molecular flexibility index (Phi) is 4.51. The van der Waals surface area contributed by atoms with Gasteiger partial charge in [0.25, 0.3) is 5.56 Å². The van der Waals surface area contributed by atoms with Crippen molar-refractivity contribution in [2.24, 2.45) is 14.1 Å². The van der Waals surface area contributed by atoms with E-state index < -0.39 is 6.04 Å². The fourth-order valence-corrected chi connectivity index (χ4v) is 5.27. The Morgan fingerprint density at radius 3 is 2.40 bits per heavy atom. The highest BCUT2D eigenvalue weighted by molar-refractivity contribution is 5.99. The van der Waals surface area contributed by atoms with Gasteiger partial charge in [0.1, 0.15) is 5.75 Å². The third kappa shape index (κ3) is 2.91. The van der Waals surface area contributed by atoms with Gasteiger partial charge < -0.3 is 15.0 Å². The zero-order chi connectivity index (χ0) is 24.4. The minimum absolute atomic E-state index is 0.148. The van der Waals surface area contributed by atoms with Crippen molar-refractivity contribution in [2.75, 3.05) is 5.32 Å². The van der Waals surface area contributed by atoms with E-state index in [9.17, 15) is 14.7 Å². The maximum absolute atomic E-state index is 13.7. The Labute approximate surface area is 201 Å². The molecule has 2 aromatic heterocycles. The summed E-state index contributed by atoms with van der Waals surface area (Å²) in [4.78, 5) is 26.8. The molecule has 5 aromatic rings. The first-order chi connectivity index (χ1) is 16.9. The van der Waals surface area contributed by atoms with Gasteiger partial charge in [0.2, 0.25) is 0 Å². The largest absolute Gasteiger partial charge is 0.508 e. The number of phenolic OH excluding ortho intramolecular Hbond substituents is 1. The Morgan fingerprint density at radius 2 is 1.63 bits per heavy atom. The molecule has 7 nitrogen and oxygen atoms in total. The number of hydrogen-bond acceptors (Lipinski definition) is 4. The second-order valence-electron chi connectivity index (χ2n) is 9.00. The number of nitrogens with zero attached hydrogens (tertiary/aromatic N) is 3. The molecule has 3 heterocycles. The lowest BCUT2D eigenvalue weighted by atomic mass is 9.99. The van der Waals surface area contributed by atoms with Crippen LogP contribution in [0.1, 0.15) is 22.9 Å². The van der Waals surface area contributed by atoms with Crippen LogP contribution >= 0.6 is 0 Å². The fraction of sp³-hybridized carbons (Fsp3) is 0.143. The Hall–Kier alpha value is -4.52. The van der Waals surface area contributed by atoms with Gasteiger partial charge in [0, 0.05) is 19.7 Å². The van der Waals surface area contributed by atoms with Crippen molar-refractivity contribution >= 4 is 16.6 Å². The molecule has 0 saturated carbocycles. The van der Waals surface area contributed by atoms with Gasteiger partial charge in [-0.2, -0.15) is 0 Å². The summed E-state index contributed by atoms with van der Waals surface area (Å²) < 4.78 is 4.82. The normalized spacial score (nSPS) is 14.4. The van der Waals surface area contributed by atoms with Gasteiger partial charge >= 0.3 is 5.69 Å². The minimum Gasteiger partial charge on any atom is -0.508 e. The number of para-hydroxylation sites is 2. The first-order valence-corrected chi connectivity index (χ1v) is 11.4. The van der Waals surface area contributed by atoms with Crippen LogP contribution in [0.2, 0.25) is 0 Å². The van der Waals surface area contributed by atoms with Crippen molar-refractivity contribution in [1.29, 1.82) is 0 Å². The summed E-state index contributed by atoms with van der Waals surface area (Å²) in [6, 6.07) is 22.5. The van der Waals surface area contributed by atoms with E-state index in [1.807, 2.05) is 61.5 Å². The molecule has 0 fully saturated rings. The smallest absolute Gasteiger partial charge is 0.331 e. The molecular formula is C28H24N4O3. The molecule has 0 unspecified atom stereocenters. The number of benzene rings is 3. The number of aryl methyl sites for hydroxylation is 2. The lowest BCUT2D eigenvalue weighted by molar-refractivity contribution is 0.474. The molecule has 7 heteroatoms. The molecule has 1 atom stereocenters. The highest BCUT2D eigenvalue weighted by atomic mass is 16.3. The predicted octanol–water partition coefficient (Wildman–Crippen LogP) is 4.22. The van der Waals surface area contributed by atoms with Crippen LogP contribution in [0.15, 0.2) is 82.4 Å². The van der Waals surface area contributed by atoms with E-state index in [0.717, 1.165) is 39.5 Å². The first-order valence-electron chi connectivity index (χ1n) is 11.4. The molecular weight excluding hydrogens is 440 g/mol. The van der Waals surface area contributed by atoms with Gasteiger partial charge in [0.15, 0.2) is 0 Å². The monoisotopic (exact) mass is 464 g/mol.